The molecule has 2 aromatic heterocycles. The Kier molecular flexibility index (Phi) is 4.16. The summed E-state index contributed by atoms with van der Waals surface area (Å²) in [5.41, 5.74) is 2.55. The van der Waals surface area contributed by atoms with E-state index < -0.39 is 0 Å². The lowest BCUT2D eigenvalue weighted by Gasteiger charge is -2.35. The first-order valence-corrected chi connectivity index (χ1v) is 9.58. The van der Waals surface area contributed by atoms with E-state index in [1.54, 1.807) is 29.9 Å². The van der Waals surface area contributed by atoms with Crippen molar-refractivity contribution in [3.63, 3.8) is 0 Å². The number of fused-ring (bicyclic) bond motifs is 2. The molecular formula is C21H22N6O. The van der Waals surface area contributed by atoms with Crippen molar-refractivity contribution in [1.29, 1.82) is 0 Å². The normalized spacial score (nSPS) is 21.4. The average Bonchev–Trinajstić information content (AvgIpc) is 3.32. The van der Waals surface area contributed by atoms with Gasteiger partial charge in [-0.25, -0.2) is 15.0 Å². The number of aromatic nitrogens is 4. The number of anilines is 1. The predicted octanol–water partition coefficient (Wildman–Crippen LogP) is 1.70. The van der Waals surface area contributed by atoms with Crippen LogP contribution in [0.25, 0.3) is 11.4 Å². The van der Waals surface area contributed by atoms with Crippen molar-refractivity contribution in [2.45, 2.75) is 25.0 Å². The van der Waals surface area contributed by atoms with Crippen LogP contribution >= 0.6 is 0 Å². The van der Waals surface area contributed by atoms with E-state index in [0.29, 0.717) is 23.5 Å². The molecule has 2 aliphatic rings. The Labute approximate surface area is 163 Å². The molecule has 0 radical (unpaired) electrons. The minimum Gasteiger partial charge on any atom is -0.336 e. The molecule has 2 bridgehead atoms. The van der Waals surface area contributed by atoms with Gasteiger partial charge in [-0.3, -0.25) is 14.3 Å². The highest BCUT2D eigenvalue weighted by molar-refractivity contribution is 5.55. The molecule has 2 fully saturated rings. The molecule has 1 aromatic carbocycles. The van der Waals surface area contributed by atoms with E-state index in [-0.39, 0.29) is 5.56 Å². The lowest BCUT2D eigenvalue weighted by atomic mass is 10.2. The second kappa shape index (κ2) is 6.83. The molecule has 28 heavy (non-hydrogen) atoms. The van der Waals surface area contributed by atoms with E-state index in [0.717, 1.165) is 32.0 Å². The van der Waals surface area contributed by atoms with Crippen LogP contribution in [0.15, 0.2) is 59.8 Å². The fourth-order valence-corrected chi connectivity index (χ4v) is 4.36. The Morgan fingerprint density at radius 2 is 1.93 bits per heavy atom. The summed E-state index contributed by atoms with van der Waals surface area (Å²) in [6, 6.07) is 14.8. The Morgan fingerprint density at radius 1 is 1.07 bits per heavy atom. The molecule has 7 heteroatoms. The van der Waals surface area contributed by atoms with Crippen LogP contribution in [-0.2, 0) is 13.6 Å². The minimum atomic E-state index is -0.0671. The van der Waals surface area contributed by atoms with Crippen molar-refractivity contribution >= 4 is 5.95 Å². The maximum Gasteiger partial charge on any atom is 0.255 e. The molecule has 2 saturated heterocycles. The first kappa shape index (κ1) is 17.1. The van der Waals surface area contributed by atoms with E-state index in [2.05, 4.69) is 50.1 Å². The standard InChI is InChI=1S/C21H22N6O/c1-25-20(28)10-19(18-7-8-22-14-23-18)24-21(25)27-13-16-9-17(27)12-26(16)11-15-5-3-2-4-6-15/h2-8,10,14,16-17H,9,11-13H2,1H3/t16?,17-/m0/s1. The van der Waals surface area contributed by atoms with Gasteiger partial charge in [-0.15, -0.1) is 0 Å². The molecule has 0 spiro atoms. The third kappa shape index (κ3) is 2.97. The van der Waals surface area contributed by atoms with Crippen molar-refractivity contribution < 1.29 is 0 Å². The van der Waals surface area contributed by atoms with Crippen LogP contribution in [0.4, 0.5) is 5.95 Å². The third-order valence-electron chi connectivity index (χ3n) is 5.80. The number of likely N-dealkylation sites (tertiary alicyclic amines) is 1. The summed E-state index contributed by atoms with van der Waals surface area (Å²) in [5.74, 6) is 0.730. The van der Waals surface area contributed by atoms with Gasteiger partial charge in [0.1, 0.15) is 6.33 Å². The fraction of sp³-hybridized carbons (Fsp3) is 0.333. The fourth-order valence-electron chi connectivity index (χ4n) is 4.36. The topological polar surface area (TPSA) is 67.2 Å². The zero-order valence-corrected chi connectivity index (χ0v) is 15.8. The van der Waals surface area contributed by atoms with Gasteiger partial charge in [0.05, 0.1) is 11.4 Å². The van der Waals surface area contributed by atoms with Crippen molar-refractivity contribution in [3.05, 3.63) is 70.9 Å². The number of hydrogen-bond donors (Lipinski definition) is 0. The van der Waals surface area contributed by atoms with Gasteiger partial charge in [-0.05, 0) is 18.1 Å². The SMILES string of the molecule is Cn1c(N2CC3C[C@H]2CN3Cc2ccccc2)nc(-c2ccncn2)cc1=O. The van der Waals surface area contributed by atoms with Gasteiger partial charge in [-0.1, -0.05) is 30.3 Å². The van der Waals surface area contributed by atoms with Gasteiger partial charge in [0.25, 0.3) is 5.56 Å². The summed E-state index contributed by atoms with van der Waals surface area (Å²) in [6.07, 6.45) is 4.26. The molecule has 0 saturated carbocycles. The molecule has 1 unspecified atom stereocenters. The zero-order valence-electron chi connectivity index (χ0n) is 15.8. The van der Waals surface area contributed by atoms with Crippen LogP contribution in [0.2, 0.25) is 0 Å². The van der Waals surface area contributed by atoms with Crippen LogP contribution in [-0.4, -0.2) is 49.6 Å². The van der Waals surface area contributed by atoms with Gasteiger partial charge in [0, 0.05) is 51.0 Å². The predicted molar refractivity (Wildman–Crippen MR) is 107 cm³/mol. The molecule has 0 amide bonds. The van der Waals surface area contributed by atoms with Crippen LogP contribution < -0.4 is 10.5 Å². The smallest absolute Gasteiger partial charge is 0.255 e. The zero-order chi connectivity index (χ0) is 19.1. The second-order valence-corrected chi connectivity index (χ2v) is 7.54. The maximum absolute atomic E-state index is 12.5. The number of nitrogens with zero attached hydrogens (tertiary/aromatic N) is 6. The highest BCUT2D eigenvalue weighted by atomic mass is 16.1. The van der Waals surface area contributed by atoms with Crippen LogP contribution in [0.1, 0.15) is 12.0 Å². The van der Waals surface area contributed by atoms with E-state index in [9.17, 15) is 4.79 Å². The molecule has 3 aromatic rings. The summed E-state index contributed by atoms with van der Waals surface area (Å²) in [4.78, 5) is 30.4. The van der Waals surface area contributed by atoms with E-state index in [1.807, 2.05) is 0 Å². The summed E-state index contributed by atoms with van der Waals surface area (Å²) in [7, 11) is 1.79. The monoisotopic (exact) mass is 374 g/mol. The van der Waals surface area contributed by atoms with Crippen molar-refractivity contribution in [2.75, 3.05) is 18.0 Å². The van der Waals surface area contributed by atoms with Crippen LogP contribution in [0.3, 0.4) is 0 Å². The summed E-state index contributed by atoms with van der Waals surface area (Å²) in [6.45, 7) is 2.86. The number of hydrogen-bond acceptors (Lipinski definition) is 6. The molecule has 142 valence electrons. The maximum atomic E-state index is 12.5. The minimum absolute atomic E-state index is 0.0671. The molecule has 2 atom stereocenters. The van der Waals surface area contributed by atoms with Crippen LogP contribution in [0, 0.1) is 0 Å². The number of rotatable bonds is 4. The van der Waals surface area contributed by atoms with Crippen LogP contribution in [0.5, 0.6) is 0 Å². The Balaban J connectivity index is 1.40. The third-order valence-corrected chi connectivity index (χ3v) is 5.80. The molecule has 0 aliphatic carbocycles. The van der Waals surface area contributed by atoms with Crippen molar-refractivity contribution in [3.8, 4) is 11.4 Å². The van der Waals surface area contributed by atoms with Crippen molar-refractivity contribution in [2.24, 2.45) is 7.05 Å². The van der Waals surface area contributed by atoms with Gasteiger partial charge >= 0.3 is 0 Å². The van der Waals surface area contributed by atoms with Gasteiger partial charge in [0.2, 0.25) is 5.95 Å². The molecule has 2 aliphatic heterocycles. The van der Waals surface area contributed by atoms with E-state index in [1.165, 1.54) is 11.9 Å². The Bertz CT molecular complexity index is 1040. The van der Waals surface area contributed by atoms with E-state index in [4.69, 9.17) is 4.98 Å². The molecule has 5 rings (SSSR count). The quantitative estimate of drug-likeness (QED) is 0.693. The highest BCUT2D eigenvalue weighted by Crippen LogP contribution is 2.34. The highest BCUT2D eigenvalue weighted by Gasteiger charge is 2.44. The van der Waals surface area contributed by atoms with Gasteiger partial charge < -0.3 is 4.90 Å². The Morgan fingerprint density at radius 3 is 2.64 bits per heavy atom. The summed E-state index contributed by atoms with van der Waals surface area (Å²) >= 11 is 0. The first-order valence-electron chi connectivity index (χ1n) is 9.58. The lowest BCUT2D eigenvalue weighted by molar-refractivity contribution is 0.229. The second-order valence-electron chi connectivity index (χ2n) is 7.54. The molecule has 0 N–H and O–H groups in total. The van der Waals surface area contributed by atoms with E-state index >= 15 is 0 Å². The number of piperazine rings is 1. The van der Waals surface area contributed by atoms with Gasteiger partial charge in [0.15, 0.2) is 0 Å². The lowest BCUT2D eigenvalue weighted by Crippen LogP contribution is -2.47. The first-order chi connectivity index (χ1) is 13.7. The summed E-state index contributed by atoms with van der Waals surface area (Å²) in [5, 5.41) is 0. The van der Waals surface area contributed by atoms with Gasteiger partial charge in [-0.2, -0.15) is 0 Å². The largest absolute Gasteiger partial charge is 0.336 e. The summed E-state index contributed by atoms with van der Waals surface area (Å²) < 4.78 is 1.65. The molecular weight excluding hydrogens is 352 g/mol. The Hall–Kier alpha value is -3.06. The number of benzene rings is 1. The van der Waals surface area contributed by atoms with Crippen molar-refractivity contribution in [1.82, 2.24) is 24.4 Å². The average molecular weight is 374 g/mol. The molecule has 7 nitrogen and oxygen atoms in total. The molecule has 4 heterocycles.